The lowest BCUT2D eigenvalue weighted by Crippen LogP contribution is -2.42. The van der Waals surface area contributed by atoms with Gasteiger partial charge in [0.05, 0.1) is 12.6 Å². The Morgan fingerprint density at radius 1 is 1.37 bits per heavy atom. The van der Waals surface area contributed by atoms with Gasteiger partial charge in [-0.05, 0) is 18.9 Å². The van der Waals surface area contributed by atoms with E-state index in [0.29, 0.717) is 19.1 Å². The summed E-state index contributed by atoms with van der Waals surface area (Å²) in [5, 5.41) is 6.23. The van der Waals surface area contributed by atoms with Crippen molar-refractivity contribution in [1.82, 2.24) is 10.6 Å². The van der Waals surface area contributed by atoms with E-state index in [1.54, 1.807) is 0 Å². The van der Waals surface area contributed by atoms with Crippen LogP contribution in [0.15, 0.2) is 24.3 Å². The number of rotatable bonds is 5. The predicted octanol–water partition coefficient (Wildman–Crippen LogP) is 1.87. The van der Waals surface area contributed by atoms with Crippen molar-refractivity contribution < 1.29 is 9.53 Å². The molecular weight excluding hydrogens is 240 g/mol. The lowest BCUT2D eigenvalue weighted by molar-refractivity contribution is -0.121. The SMILES string of the molecule is CC(C)C(C)NC(=O)CNC1COc2ccccc21. The third-order valence-electron chi connectivity index (χ3n) is 3.60. The first-order valence-corrected chi connectivity index (χ1v) is 6.82. The first-order chi connectivity index (χ1) is 9.08. The van der Waals surface area contributed by atoms with Crippen molar-refractivity contribution in [2.75, 3.05) is 13.2 Å². The molecule has 0 saturated heterocycles. The maximum Gasteiger partial charge on any atom is 0.234 e. The zero-order valence-electron chi connectivity index (χ0n) is 11.8. The third-order valence-corrected chi connectivity index (χ3v) is 3.60. The van der Waals surface area contributed by atoms with Gasteiger partial charge in [-0.1, -0.05) is 32.0 Å². The van der Waals surface area contributed by atoms with Crippen molar-refractivity contribution in [3.8, 4) is 5.75 Å². The van der Waals surface area contributed by atoms with E-state index in [1.807, 2.05) is 31.2 Å². The molecule has 1 amide bonds. The standard InChI is InChI=1S/C15H22N2O2/c1-10(2)11(3)17-15(18)8-16-13-9-19-14-7-5-4-6-12(13)14/h4-7,10-11,13,16H,8-9H2,1-3H3,(H,17,18). The Labute approximate surface area is 114 Å². The number of para-hydroxylation sites is 1. The largest absolute Gasteiger partial charge is 0.491 e. The monoisotopic (exact) mass is 262 g/mol. The summed E-state index contributed by atoms with van der Waals surface area (Å²) in [4.78, 5) is 11.8. The number of amides is 1. The molecule has 1 aliphatic rings. The zero-order valence-corrected chi connectivity index (χ0v) is 11.8. The molecule has 1 aromatic carbocycles. The summed E-state index contributed by atoms with van der Waals surface area (Å²) < 4.78 is 5.57. The van der Waals surface area contributed by atoms with E-state index < -0.39 is 0 Å². The molecule has 0 fully saturated rings. The molecule has 2 atom stereocenters. The number of fused-ring (bicyclic) bond motifs is 1. The van der Waals surface area contributed by atoms with Gasteiger partial charge < -0.3 is 10.1 Å². The summed E-state index contributed by atoms with van der Waals surface area (Å²) >= 11 is 0. The van der Waals surface area contributed by atoms with Gasteiger partial charge in [0, 0.05) is 11.6 Å². The molecule has 1 aliphatic heterocycles. The van der Waals surface area contributed by atoms with Gasteiger partial charge >= 0.3 is 0 Å². The fourth-order valence-electron chi connectivity index (χ4n) is 2.02. The van der Waals surface area contributed by atoms with Gasteiger partial charge in [0.15, 0.2) is 0 Å². The van der Waals surface area contributed by atoms with Gasteiger partial charge in [0.2, 0.25) is 5.91 Å². The maximum atomic E-state index is 11.8. The fraction of sp³-hybridized carbons (Fsp3) is 0.533. The van der Waals surface area contributed by atoms with Gasteiger partial charge in [-0.25, -0.2) is 0 Å². The number of benzene rings is 1. The van der Waals surface area contributed by atoms with Crippen LogP contribution in [-0.4, -0.2) is 25.1 Å². The number of hydrogen-bond donors (Lipinski definition) is 2. The number of carbonyl (C=O) groups is 1. The Balaban J connectivity index is 1.82. The van der Waals surface area contributed by atoms with Crippen molar-refractivity contribution in [3.63, 3.8) is 0 Å². The van der Waals surface area contributed by atoms with E-state index in [0.717, 1.165) is 11.3 Å². The Morgan fingerprint density at radius 3 is 2.84 bits per heavy atom. The molecule has 4 nitrogen and oxygen atoms in total. The zero-order chi connectivity index (χ0) is 13.8. The molecule has 1 heterocycles. The summed E-state index contributed by atoms with van der Waals surface area (Å²) in [5.74, 6) is 1.39. The van der Waals surface area contributed by atoms with E-state index in [9.17, 15) is 4.79 Å². The third kappa shape index (κ3) is 3.47. The van der Waals surface area contributed by atoms with Gasteiger partial charge in [-0.15, -0.1) is 0 Å². The molecule has 0 saturated carbocycles. The van der Waals surface area contributed by atoms with Crippen molar-refractivity contribution in [3.05, 3.63) is 29.8 Å². The highest BCUT2D eigenvalue weighted by Crippen LogP contribution is 2.31. The summed E-state index contributed by atoms with van der Waals surface area (Å²) in [6, 6.07) is 8.24. The number of hydrogen-bond acceptors (Lipinski definition) is 3. The highest BCUT2D eigenvalue weighted by Gasteiger charge is 2.23. The quantitative estimate of drug-likeness (QED) is 0.851. The molecular formula is C15H22N2O2. The minimum absolute atomic E-state index is 0.0329. The molecule has 0 spiro atoms. The van der Waals surface area contributed by atoms with Gasteiger partial charge in [-0.3, -0.25) is 10.1 Å². The number of nitrogens with one attached hydrogen (secondary N) is 2. The normalized spacial score (nSPS) is 18.8. The Kier molecular flexibility index (Phi) is 4.43. The van der Waals surface area contributed by atoms with Crippen LogP contribution in [0, 0.1) is 5.92 Å². The van der Waals surface area contributed by atoms with Crippen LogP contribution in [0.5, 0.6) is 5.75 Å². The molecule has 4 heteroatoms. The molecule has 0 aliphatic carbocycles. The summed E-state index contributed by atoms with van der Waals surface area (Å²) in [6.45, 7) is 7.13. The first-order valence-electron chi connectivity index (χ1n) is 6.82. The minimum Gasteiger partial charge on any atom is -0.491 e. The highest BCUT2D eigenvalue weighted by atomic mass is 16.5. The topological polar surface area (TPSA) is 50.4 Å². The van der Waals surface area contributed by atoms with Crippen molar-refractivity contribution in [2.24, 2.45) is 5.92 Å². The maximum absolute atomic E-state index is 11.8. The van der Waals surface area contributed by atoms with Crippen LogP contribution in [0.25, 0.3) is 0 Å². The Bertz CT molecular complexity index is 446. The second-order valence-electron chi connectivity index (χ2n) is 5.38. The predicted molar refractivity (Wildman–Crippen MR) is 75.1 cm³/mol. The van der Waals surface area contributed by atoms with Crippen LogP contribution in [0.3, 0.4) is 0 Å². The average Bonchev–Trinajstić information content (AvgIpc) is 2.79. The molecule has 0 bridgehead atoms. The molecule has 104 valence electrons. The summed E-state index contributed by atoms with van der Waals surface area (Å²) in [7, 11) is 0. The van der Waals surface area contributed by atoms with Crippen LogP contribution in [-0.2, 0) is 4.79 Å². The smallest absolute Gasteiger partial charge is 0.234 e. The van der Waals surface area contributed by atoms with E-state index in [-0.39, 0.29) is 18.0 Å². The second-order valence-corrected chi connectivity index (χ2v) is 5.38. The van der Waals surface area contributed by atoms with Crippen molar-refractivity contribution >= 4 is 5.91 Å². The second kappa shape index (κ2) is 6.06. The average molecular weight is 262 g/mol. The minimum atomic E-state index is 0.0329. The van der Waals surface area contributed by atoms with Crippen LogP contribution in [0.2, 0.25) is 0 Å². The molecule has 2 N–H and O–H groups in total. The van der Waals surface area contributed by atoms with Crippen LogP contribution >= 0.6 is 0 Å². The lowest BCUT2D eigenvalue weighted by atomic mass is 10.1. The summed E-state index contributed by atoms with van der Waals surface area (Å²) in [6.07, 6.45) is 0. The van der Waals surface area contributed by atoms with Crippen LogP contribution in [0.4, 0.5) is 0 Å². The van der Waals surface area contributed by atoms with Gasteiger partial charge in [0.25, 0.3) is 0 Å². The number of carbonyl (C=O) groups excluding carboxylic acids is 1. The Hall–Kier alpha value is -1.55. The molecule has 19 heavy (non-hydrogen) atoms. The van der Waals surface area contributed by atoms with E-state index >= 15 is 0 Å². The summed E-state index contributed by atoms with van der Waals surface area (Å²) in [5.41, 5.74) is 1.13. The van der Waals surface area contributed by atoms with Crippen LogP contribution < -0.4 is 15.4 Å². The Morgan fingerprint density at radius 2 is 2.11 bits per heavy atom. The fourth-order valence-corrected chi connectivity index (χ4v) is 2.02. The van der Waals surface area contributed by atoms with E-state index in [2.05, 4.69) is 24.5 Å². The molecule has 2 rings (SSSR count). The van der Waals surface area contributed by atoms with Gasteiger partial charge in [0.1, 0.15) is 12.4 Å². The highest BCUT2D eigenvalue weighted by molar-refractivity contribution is 5.78. The molecule has 2 unspecified atom stereocenters. The first kappa shape index (κ1) is 13.9. The van der Waals surface area contributed by atoms with Gasteiger partial charge in [-0.2, -0.15) is 0 Å². The molecule has 0 aromatic heterocycles. The lowest BCUT2D eigenvalue weighted by Gasteiger charge is -2.18. The molecule has 0 radical (unpaired) electrons. The van der Waals surface area contributed by atoms with E-state index in [4.69, 9.17) is 4.74 Å². The van der Waals surface area contributed by atoms with Crippen LogP contribution in [0.1, 0.15) is 32.4 Å². The van der Waals surface area contributed by atoms with E-state index in [1.165, 1.54) is 0 Å². The number of ether oxygens (including phenoxy) is 1. The molecule has 1 aromatic rings. The van der Waals surface area contributed by atoms with Crippen molar-refractivity contribution in [1.29, 1.82) is 0 Å². The van der Waals surface area contributed by atoms with Crippen molar-refractivity contribution in [2.45, 2.75) is 32.9 Å².